The smallest absolute Gasteiger partial charge is 0.242 e. The van der Waals surface area contributed by atoms with E-state index in [-0.39, 0.29) is 0 Å². The van der Waals surface area contributed by atoms with Crippen molar-refractivity contribution in [1.29, 1.82) is 0 Å². The largest absolute Gasteiger partial charge is 0.544 e. The molecule has 0 amide bonds. The molecule has 0 aromatic heterocycles. The number of rotatable bonds is 6. The maximum atomic E-state index is 6.57. The highest BCUT2D eigenvalue weighted by Crippen LogP contribution is 2.40. The minimum absolute atomic E-state index is 0.680. The molecule has 0 aliphatic heterocycles. The van der Waals surface area contributed by atoms with Gasteiger partial charge in [0.05, 0.1) is 9.52 Å². The normalized spacial score (nSPS) is 20.0. The van der Waals surface area contributed by atoms with E-state index in [9.17, 15) is 0 Å². The fourth-order valence-corrected chi connectivity index (χ4v) is 7.00. The first-order valence-corrected chi connectivity index (χ1v) is 13.6. The summed E-state index contributed by atoms with van der Waals surface area (Å²) in [5.74, 6) is 1.09. The van der Waals surface area contributed by atoms with Gasteiger partial charge in [-0.25, -0.2) is 0 Å². The van der Waals surface area contributed by atoms with Crippen molar-refractivity contribution in [3.05, 3.63) is 43.4 Å². The second-order valence-corrected chi connectivity index (χ2v) is 14.2. The van der Waals surface area contributed by atoms with Gasteiger partial charge < -0.3 is 4.43 Å². The van der Waals surface area contributed by atoms with Crippen molar-refractivity contribution in [1.82, 2.24) is 0 Å². The van der Waals surface area contributed by atoms with E-state index in [1.807, 2.05) is 0 Å². The summed E-state index contributed by atoms with van der Waals surface area (Å²) in [7, 11) is -2.31. The van der Waals surface area contributed by atoms with E-state index in [4.69, 9.17) is 27.6 Å². The molecule has 0 saturated carbocycles. The van der Waals surface area contributed by atoms with Gasteiger partial charge in [-0.1, -0.05) is 48.2 Å². The fourth-order valence-electron chi connectivity index (χ4n) is 2.97. The van der Waals surface area contributed by atoms with Gasteiger partial charge in [0, 0.05) is 22.9 Å². The molecule has 0 unspecified atom stereocenters. The molecule has 2 rings (SSSR count). The number of hydrogen-bond donors (Lipinski definition) is 0. The quantitative estimate of drug-likeness (QED) is 0.542. The first-order valence-electron chi connectivity index (χ1n) is 8.06. The summed E-state index contributed by atoms with van der Waals surface area (Å²) in [6.45, 7) is 11.0. The summed E-state index contributed by atoms with van der Waals surface area (Å²) in [6.07, 6.45) is 6.33. The molecule has 0 saturated heterocycles. The van der Waals surface area contributed by atoms with E-state index < -0.39 is 17.8 Å². The van der Waals surface area contributed by atoms with Crippen LogP contribution in [0.5, 0.6) is 0 Å². The number of allylic oxidation sites excluding steroid dienone is 7. The van der Waals surface area contributed by atoms with E-state index in [2.05, 4.69) is 39.6 Å². The molecule has 0 heterocycles. The monoisotopic (exact) mass is 372 g/mol. The molecule has 0 spiro atoms. The number of halogens is 2. The van der Waals surface area contributed by atoms with Crippen LogP contribution in [0.2, 0.25) is 19.6 Å². The Hall–Kier alpha value is -0.226. The lowest BCUT2D eigenvalue weighted by Gasteiger charge is -2.24. The van der Waals surface area contributed by atoms with E-state index in [1.165, 1.54) is 21.5 Å². The van der Waals surface area contributed by atoms with E-state index >= 15 is 0 Å². The van der Waals surface area contributed by atoms with E-state index in [0.717, 1.165) is 41.5 Å². The van der Waals surface area contributed by atoms with Gasteiger partial charge in [0.2, 0.25) is 8.32 Å². The van der Waals surface area contributed by atoms with Gasteiger partial charge in [-0.3, -0.25) is 0 Å². The van der Waals surface area contributed by atoms with Gasteiger partial charge in [0.1, 0.15) is 5.76 Å². The van der Waals surface area contributed by atoms with Crippen LogP contribution in [-0.2, 0) is 4.43 Å². The van der Waals surface area contributed by atoms with Gasteiger partial charge in [0.15, 0.2) is 0 Å². The van der Waals surface area contributed by atoms with Gasteiger partial charge in [-0.2, -0.15) is 0 Å². The minimum Gasteiger partial charge on any atom is -0.544 e. The van der Waals surface area contributed by atoms with Crippen molar-refractivity contribution in [3.8, 4) is 0 Å². The van der Waals surface area contributed by atoms with Gasteiger partial charge in [-0.15, -0.1) is 0 Å². The van der Waals surface area contributed by atoms with Crippen molar-refractivity contribution < 1.29 is 4.43 Å². The summed E-state index contributed by atoms with van der Waals surface area (Å²) in [4.78, 5) is 0. The fraction of sp³-hybridized carbons (Fsp3) is 0.529. The Morgan fingerprint density at radius 2 is 1.86 bits per heavy atom. The lowest BCUT2D eigenvalue weighted by atomic mass is 10.2. The average Bonchev–Trinajstić information content (AvgIpc) is 2.85. The molecule has 2 aliphatic rings. The van der Waals surface area contributed by atoms with Crippen LogP contribution in [0.4, 0.5) is 0 Å². The Bertz CT molecular complexity index is 592. The van der Waals surface area contributed by atoms with Crippen LogP contribution in [0, 0.1) is 0 Å². The highest BCUT2D eigenvalue weighted by Gasteiger charge is 2.29. The second kappa shape index (κ2) is 7.12. The molecule has 0 N–H and O–H groups in total. The molecular weight excluding hydrogens is 347 g/mol. The lowest BCUT2D eigenvalue weighted by molar-refractivity contribution is 0.434. The second-order valence-electron chi connectivity index (χ2n) is 7.13. The molecule has 0 radical (unpaired) electrons. The van der Waals surface area contributed by atoms with Crippen molar-refractivity contribution in [2.24, 2.45) is 0 Å². The van der Waals surface area contributed by atoms with Crippen LogP contribution in [0.15, 0.2) is 43.4 Å². The molecular formula is C17H26Cl2OSi2. The van der Waals surface area contributed by atoms with Crippen LogP contribution < -0.4 is 0 Å². The summed E-state index contributed by atoms with van der Waals surface area (Å²) < 4.78 is 6.36. The van der Waals surface area contributed by atoms with Crippen LogP contribution in [-0.4, -0.2) is 17.8 Å². The van der Waals surface area contributed by atoms with Crippen molar-refractivity contribution in [2.75, 3.05) is 0 Å². The Kier molecular flexibility index (Phi) is 5.86. The predicted molar refractivity (Wildman–Crippen MR) is 104 cm³/mol. The van der Waals surface area contributed by atoms with Crippen LogP contribution in [0.3, 0.4) is 0 Å². The van der Waals surface area contributed by atoms with Gasteiger partial charge >= 0.3 is 0 Å². The molecule has 5 heteroatoms. The first-order chi connectivity index (χ1) is 10.2. The van der Waals surface area contributed by atoms with Crippen LogP contribution in [0.1, 0.15) is 39.5 Å². The molecule has 22 heavy (non-hydrogen) atoms. The van der Waals surface area contributed by atoms with Crippen molar-refractivity contribution in [3.63, 3.8) is 0 Å². The maximum Gasteiger partial charge on any atom is 0.242 e. The van der Waals surface area contributed by atoms with Crippen LogP contribution >= 0.6 is 23.2 Å². The number of hydrogen-bond acceptors (Lipinski definition) is 1. The standard InChI is InChI=1S/C17H26Cl2OSi2/c1-6-7-12-8-9-13(18)16(12)21-17-14(19)10-11(2)15(17)20-22(3,4)5/h8H,6-7,9-10,21H2,1-5H3. The highest BCUT2D eigenvalue weighted by atomic mass is 35.5. The first kappa shape index (κ1) is 18.1. The molecule has 0 aromatic carbocycles. The van der Waals surface area contributed by atoms with Crippen molar-refractivity contribution in [2.45, 2.75) is 59.2 Å². The zero-order valence-electron chi connectivity index (χ0n) is 14.3. The van der Waals surface area contributed by atoms with Crippen molar-refractivity contribution >= 4 is 41.0 Å². The molecule has 0 fully saturated rings. The Balaban J connectivity index is 2.26. The molecule has 122 valence electrons. The highest BCUT2D eigenvalue weighted by molar-refractivity contribution is 6.70. The van der Waals surface area contributed by atoms with Gasteiger partial charge in [0.25, 0.3) is 0 Å². The molecule has 0 atom stereocenters. The third-order valence-electron chi connectivity index (χ3n) is 3.93. The minimum atomic E-state index is -1.63. The summed E-state index contributed by atoms with van der Waals surface area (Å²) in [5, 5.41) is 4.71. The van der Waals surface area contributed by atoms with Crippen LogP contribution in [0.25, 0.3) is 0 Å². The SMILES string of the molecule is CCCC1=CCC(Cl)=C1[SiH2]C1=C(Cl)CC(C)=C1O[Si](C)(C)C. The zero-order valence-corrected chi connectivity index (χ0v) is 18.2. The van der Waals surface area contributed by atoms with E-state index in [0.29, 0.717) is 0 Å². The topological polar surface area (TPSA) is 9.23 Å². The third kappa shape index (κ3) is 4.19. The Labute approximate surface area is 148 Å². The zero-order chi connectivity index (χ0) is 16.5. The maximum absolute atomic E-state index is 6.57. The molecule has 2 aliphatic carbocycles. The predicted octanol–water partition coefficient (Wildman–Crippen LogP) is 5.72. The Morgan fingerprint density at radius 1 is 1.18 bits per heavy atom. The summed E-state index contributed by atoms with van der Waals surface area (Å²) in [6, 6.07) is 0. The lowest BCUT2D eigenvalue weighted by Crippen LogP contribution is -2.26. The third-order valence-corrected chi connectivity index (χ3v) is 8.28. The summed E-state index contributed by atoms with van der Waals surface area (Å²) >= 11 is 13.1. The Morgan fingerprint density at radius 3 is 2.45 bits per heavy atom. The molecule has 1 nitrogen and oxygen atoms in total. The van der Waals surface area contributed by atoms with Gasteiger partial charge in [-0.05, 0) is 49.0 Å². The summed E-state index contributed by atoms with van der Waals surface area (Å²) in [5.41, 5.74) is 2.73. The molecule has 0 bridgehead atoms. The average molecular weight is 373 g/mol. The van der Waals surface area contributed by atoms with E-state index in [1.54, 1.807) is 0 Å². The molecule has 0 aromatic rings.